The van der Waals surface area contributed by atoms with E-state index < -0.39 is 0 Å². The Morgan fingerprint density at radius 1 is 1.31 bits per heavy atom. The summed E-state index contributed by atoms with van der Waals surface area (Å²) in [6.45, 7) is 4.61. The van der Waals surface area contributed by atoms with Gasteiger partial charge >= 0.3 is 108 Å². The molecule has 0 radical (unpaired) electrons. The molecule has 0 unspecified atom stereocenters. The summed E-state index contributed by atoms with van der Waals surface area (Å²) in [6, 6.07) is 0. The van der Waals surface area contributed by atoms with E-state index in [0.29, 0.717) is 0 Å². The van der Waals surface area contributed by atoms with E-state index in [1.807, 2.05) is 0 Å². The summed E-state index contributed by atoms with van der Waals surface area (Å²) < 4.78 is 3.47. The van der Waals surface area contributed by atoms with Crippen molar-refractivity contribution in [1.82, 2.24) is 0 Å². The van der Waals surface area contributed by atoms with Crippen LogP contribution in [0.25, 0.3) is 0 Å². The maximum atomic E-state index is 2.48. The van der Waals surface area contributed by atoms with E-state index in [9.17, 15) is 0 Å². The zero-order valence-electron chi connectivity index (χ0n) is 10.3. The van der Waals surface area contributed by atoms with Crippen molar-refractivity contribution >= 4 is 0 Å². The molecule has 2 aliphatic rings. The maximum absolute atomic E-state index is 2.48. The molecular formula is C15H20Ti. The zero-order chi connectivity index (χ0) is 11.4. The van der Waals surface area contributed by atoms with Gasteiger partial charge in [0.2, 0.25) is 0 Å². The monoisotopic (exact) mass is 248 g/mol. The number of hydrogen-bond acceptors (Lipinski definition) is 0. The minimum atomic E-state index is -0.0149. The Hall–Kier alpha value is -0.326. The Kier molecular flexibility index (Phi) is 4.43. The van der Waals surface area contributed by atoms with Crippen molar-refractivity contribution < 1.29 is 19.2 Å². The van der Waals surface area contributed by atoms with Crippen LogP contribution in [-0.4, -0.2) is 0 Å². The molecule has 0 saturated carbocycles. The van der Waals surface area contributed by atoms with E-state index in [-0.39, 0.29) is 19.2 Å². The van der Waals surface area contributed by atoms with Gasteiger partial charge in [-0.1, -0.05) is 0 Å². The molecule has 0 aliphatic heterocycles. The molecule has 0 atom stereocenters. The number of allylic oxidation sites excluding steroid dienone is 8. The summed E-state index contributed by atoms with van der Waals surface area (Å²) >= 11 is -0.0149. The van der Waals surface area contributed by atoms with Crippen molar-refractivity contribution in [3.8, 4) is 0 Å². The quantitative estimate of drug-likeness (QED) is 0.618. The predicted molar refractivity (Wildman–Crippen MR) is 66.8 cm³/mol. The summed E-state index contributed by atoms with van der Waals surface area (Å²) in [5.74, 6) is 0. The van der Waals surface area contributed by atoms with Gasteiger partial charge in [0.25, 0.3) is 0 Å². The SMILES string of the molecule is CCCCC1=CCC(C)=[C]1[Ti][C]1=CC=CC1. The van der Waals surface area contributed by atoms with E-state index >= 15 is 0 Å². The van der Waals surface area contributed by atoms with Crippen LogP contribution in [0.3, 0.4) is 0 Å². The Morgan fingerprint density at radius 3 is 2.88 bits per heavy atom. The first kappa shape index (κ1) is 12.1. The van der Waals surface area contributed by atoms with Gasteiger partial charge in [-0.05, 0) is 0 Å². The third-order valence-corrected chi connectivity index (χ3v) is 5.90. The van der Waals surface area contributed by atoms with Gasteiger partial charge in [0.1, 0.15) is 0 Å². The summed E-state index contributed by atoms with van der Waals surface area (Å²) in [6.07, 6.45) is 15.8. The fraction of sp³-hybridized carbons (Fsp3) is 0.467. The van der Waals surface area contributed by atoms with E-state index in [0.717, 1.165) is 0 Å². The van der Waals surface area contributed by atoms with Crippen LogP contribution in [0, 0.1) is 0 Å². The standard InChI is InChI=1S/C10H15.C5H5.Ti/c1-3-4-5-10-7-6-9(2)8-10;1-2-4-5-3-1;/h7H,3-6H2,1-2H3;1-3H,4H2;. The molecule has 2 rings (SSSR count). The molecule has 1 heteroatoms. The van der Waals surface area contributed by atoms with Crippen LogP contribution in [-0.2, 0) is 19.2 Å². The summed E-state index contributed by atoms with van der Waals surface area (Å²) in [4.78, 5) is 0. The van der Waals surface area contributed by atoms with Crippen molar-refractivity contribution in [3.63, 3.8) is 0 Å². The first-order valence-corrected chi connectivity index (χ1v) is 7.89. The molecule has 0 N–H and O–H groups in total. The Bertz CT molecular complexity index is 380. The van der Waals surface area contributed by atoms with Crippen LogP contribution in [0.1, 0.15) is 46.0 Å². The summed E-state index contributed by atoms with van der Waals surface area (Å²) in [7, 11) is 0. The molecule has 0 heterocycles. The molecule has 0 saturated heterocycles. The third-order valence-electron chi connectivity index (χ3n) is 3.26. The fourth-order valence-electron chi connectivity index (χ4n) is 2.24. The van der Waals surface area contributed by atoms with E-state index in [4.69, 9.17) is 0 Å². The first-order chi connectivity index (χ1) is 7.81. The molecule has 0 nitrogen and oxygen atoms in total. The van der Waals surface area contributed by atoms with E-state index in [1.54, 1.807) is 18.9 Å². The van der Waals surface area contributed by atoms with Crippen LogP contribution >= 0.6 is 0 Å². The second-order valence-electron chi connectivity index (χ2n) is 4.64. The topological polar surface area (TPSA) is 0 Å². The van der Waals surface area contributed by atoms with E-state index in [2.05, 4.69) is 38.2 Å². The second kappa shape index (κ2) is 5.84. The molecule has 0 aromatic heterocycles. The van der Waals surface area contributed by atoms with Gasteiger partial charge in [-0.3, -0.25) is 0 Å². The minimum absolute atomic E-state index is 0.0149. The Morgan fingerprint density at radius 2 is 2.19 bits per heavy atom. The average Bonchev–Trinajstić information content (AvgIpc) is 2.89. The molecule has 0 amide bonds. The Labute approximate surface area is 108 Å². The van der Waals surface area contributed by atoms with Crippen molar-refractivity contribution in [2.24, 2.45) is 0 Å². The molecular weight excluding hydrogens is 228 g/mol. The van der Waals surface area contributed by atoms with Crippen LogP contribution < -0.4 is 0 Å². The molecule has 84 valence electrons. The molecule has 0 aromatic carbocycles. The van der Waals surface area contributed by atoms with Crippen LogP contribution in [0.4, 0.5) is 0 Å². The van der Waals surface area contributed by atoms with Crippen molar-refractivity contribution in [1.29, 1.82) is 0 Å². The molecule has 16 heavy (non-hydrogen) atoms. The second-order valence-corrected chi connectivity index (χ2v) is 6.82. The number of rotatable bonds is 5. The normalized spacial score (nSPS) is 19.1. The van der Waals surface area contributed by atoms with Crippen molar-refractivity contribution in [2.45, 2.75) is 46.0 Å². The van der Waals surface area contributed by atoms with Gasteiger partial charge in [0, 0.05) is 0 Å². The predicted octanol–water partition coefficient (Wildman–Crippen LogP) is 4.71. The zero-order valence-corrected chi connectivity index (χ0v) is 11.9. The van der Waals surface area contributed by atoms with Crippen LogP contribution in [0.5, 0.6) is 0 Å². The van der Waals surface area contributed by atoms with Gasteiger partial charge in [0.05, 0.1) is 0 Å². The van der Waals surface area contributed by atoms with Crippen LogP contribution in [0.2, 0.25) is 0 Å². The van der Waals surface area contributed by atoms with Gasteiger partial charge in [0.15, 0.2) is 0 Å². The van der Waals surface area contributed by atoms with Gasteiger partial charge in [-0.25, -0.2) is 0 Å². The molecule has 0 fully saturated rings. The van der Waals surface area contributed by atoms with Crippen molar-refractivity contribution in [3.05, 3.63) is 43.2 Å². The molecule has 2 aliphatic carbocycles. The average molecular weight is 248 g/mol. The van der Waals surface area contributed by atoms with Gasteiger partial charge in [-0.15, -0.1) is 0 Å². The van der Waals surface area contributed by atoms with Crippen molar-refractivity contribution in [2.75, 3.05) is 0 Å². The molecule has 0 spiro atoms. The van der Waals surface area contributed by atoms with Gasteiger partial charge in [-0.2, -0.15) is 0 Å². The van der Waals surface area contributed by atoms with E-state index in [1.165, 1.54) is 32.1 Å². The summed E-state index contributed by atoms with van der Waals surface area (Å²) in [5, 5.41) is 0. The third kappa shape index (κ3) is 2.87. The number of unbranched alkanes of at least 4 members (excludes halogenated alkanes) is 1. The fourth-order valence-corrected chi connectivity index (χ4v) is 4.46. The first-order valence-electron chi connectivity index (χ1n) is 6.33. The molecule has 0 bridgehead atoms. The van der Waals surface area contributed by atoms with Crippen LogP contribution in [0.15, 0.2) is 43.2 Å². The summed E-state index contributed by atoms with van der Waals surface area (Å²) in [5.41, 5.74) is 3.34. The molecule has 0 aromatic rings. The number of hydrogen-bond donors (Lipinski definition) is 0. The Balaban J connectivity index is 2.00. The van der Waals surface area contributed by atoms with Gasteiger partial charge < -0.3 is 0 Å².